The average Bonchev–Trinajstić information content (AvgIpc) is 3.15. The third-order valence-corrected chi connectivity index (χ3v) is 5.19. The molecule has 0 aliphatic carbocycles. The Balaban J connectivity index is 1.68. The van der Waals surface area contributed by atoms with Crippen molar-refractivity contribution in [3.05, 3.63) is 88.2 Å². The van der Waals surface area contributed by atoms with Crippen molar-refractivity contribution in [2.75, 3.05) is 5.32 Å². The van der Waals surface area contributed by atoms with Gasteiger partial charge >= 0.3 is 6.18 Å². The normalized spacial score (nSPS) is 11.6. The molecule has 30 heavy (non-hydrogen) atoms. The number of carbonyl (C=O) groups is 1. The van der Waals surface area contributed by atoms with Crippen molar-refractivity contribution in [2.24, 2.45) is 0 Å². The average molecular weight is 450 g/mol. The molecule has 4 nitrogen and oxygen atoms in total. The number of nitrogens with one attached hydrogen (secondary N) is 1. The van der Waals surface area contributed by atoms with Gasteiger partial charge in [0.25, 0.3) is 5.91 Å². The molecular weight excluding hydrogens is 438 g/mol. The first-order valence-corrected chi connectivity index (χ1v) is 9.40. The minimum absolute atomic E-state index is 0.108. The number of amides is 1. The largest absolute Gasteiger partial charge is 0.416 e. The van der Waals surface area contributed by atoms with Crippen LogP contribution in [-0.2, 0) is 6.18 Å². The summed E-state index contributed by atoms with van der Waals surface area (Å²) in [6.45, 7) is 0. The first-order valence-electron chi connectivity index (χ1n) is 8.64. The SMILES string of the molecule is O=C(Nc1cccn2c(-c3ccc(Cl)c(Cl)c3)cnc12)c1cccc(C(F)(F)F)c1. The van der Waals surface area contributed by atoms with Crippen LogP contribution >= 0.6 is 23.2 Å². The molecule has 0 unspecified atom stereocenters. The Morgan fingerprint density at radius 3 is 2.53 bits per heavy atom. The van der Waals surface area contributed by atoms with Gasteiger partial charge in [-0.05, 0) is 42.5 Å². The van der Waals surface area contributed by atoms with Gasteiger partial charge in [-0.3, -0.25) is 9.20 Å². The molecule has 152 valence electrons. The van der Waals surface area contributed by atoms with E-state index >= 15 is 0 Å². The van der Waals surface area contributed by atoms with Crippen LogP contribution in [0.4, 0.5) is 18.9 Å². The van der Waals surface area contributed by atoms with Crippen LogP contribution in [0.25, 0.3) is 16.9 Å². The van der Waals surface area contributed by atoms with Gasteiger partial charge in [0.05, 0.1) is 33.2 Å². The lowest BCUT2D eigenvalue weighted by Gasteiger charge is -2.10. The maximum absolute atomic E-state index is 12.9. The number of carbonyl (C=O) groups excluding carboxylic acids is 1. The van der Waals surface area contributed by atoms with Gasteiger partial charge in [0.2, 0.25) is 0 Å². The summed E-state index contributed by atoms with van der Waals surface area (Å²) in [4.78, 5) is 16.9. The fourth-order valence-electron chi connectivity index (χ4n) is 3.01. The van der Waals surface area contributed by atoms with E-state index in [1.807, 2.05) is 0 Å². The molecule has 2 aromatic carbocycles. The van der Waals surface area contributed by atoms with Crippen molar-refractivity contribution in [1.82, 2.24) is 9.38 Å². The Bertz CT molecular complexity index is 1270. The number of pyridine rings is 1. The monoisotopic (exact) mass is 449 g/mol. The predicted molar refractivity (Wildman–Crippen MR) is 110 cm³/mol. The second kappa shape index (κ2) is 7.66. The summed E-state index contributed by atoms with van der Waals surface area (Å²) >= 11 is 12.1. The van der Waals surface area contributed by atoms with E-state index < -0.39 is 17.6 Å². The molecule has 1 N–H and O–H groups in total. The van der Waals surface area contributed by atoms with Crippen molar-refractivity contribution in [1.29, 1.82) is 0 Å². The maximum atomic E-state index is 12.9. The third-order valence-electron chi connectivity index (χ3n) is 4.45. The van der Waals surface area contributed by atoms with Crippen LogP contribution in [0, 0.1) is 0 Å². The molecule has 4 rings (SSSR count). The Kier molecular flexibility index (Phi) is 5.17. The molecule has 2 aromatic heterocycles. The number of halogens is 5. The topological polar surface area (TPSA) is 46.4 Å². The first kappa shape index (κ1) is 20.3. The summed E-state index contributed by atoms with van der Waals surface area (Å²) in [5, 5.41) is 3.44. The lowest BCUT2D eigenvalue weighted by molar-refractivity contribution is -0.137. The number of imidazole rings is 1. The molecule has 0 aliphatic heterocycles. The van der Waals surface area contributed by atoms with Gasteiger partial charge in [0.1, 0.15) is 0 Å². The zero-order valence-electron chi connectivity index (χ0n) is 15.0. The number of rotatable bonds is 3. The van der Waals surface area contributed by atoms with Crippen LogP contribution in [0.2, 0.25) is 10.0 Å². The van der Waals surface area contributed by atoms with Crippen LogP contribution < -0.4 is 5.32 Å². The Hall–Kier alpha value is -3.03. The third kappa shape index (κ3) is 3.86. The van der Waals surface area contributed by atoms with Crippen LogP contribution in [-0.4, -0.2) is 15.3 Å². The quantitative estimate of drug-likeness (QED) is 0.383. The van der Waals surface area contributed by atoms with Crippen LogP contribution in [0.15, 0.2) is 67.0 Å². The van der Waals surface area contributed by atoms with Crippen LogP contribution in [0.3, 0.4) is 0 Å². The lowest BCUT2D eigenvalue weighted by Crippen LogP contribution is -2.14. The highest BCUT2D eigenvalue weighted by Crippen LogP contribution is 2.31. The predicted octanol–water partition coefficient (Wildman–Crippen LogP) is 6.58. The van der Waals surface area contributed by atoms with Gasteiger partial charge in [0, 0.05) is 17.3 Å². The minimum atomic E-state index is -4.53. The zero-order chi connectivity index (χ0) is 21.5. The fourth-order valence-corrected chi connectivity index (χ4v) is 3.31. The number of benzene rings is 2. The molecule has 9 heteroatoms. The number of hydrogen-bond acceptors (Lipinski definition) is 2. The molecule has 0 radical (unpaired) electrons. The van der Waals surface area contributed by atoms with Crippen molar-refractivity contribution in [3.8, 4) is 11.3 Å². The Labute approximate surface area is 178 Å². The molecular formula is C21H12Cl2F3N3O. The summed E-state index contributed by atoms with van der Waals surface area (Å²) in [5.74, 6) is -0.673. The second-order valence-corrected chi connectivity index (χ2v) is 7.23. The summed E-state index contributed by atoms with van der Waals surface area (Å²) in [7, 11) is 0. The van der Waals surface area contributed by atoms with E-state index in [-0.39, 0.29) is 5.56 Å². The summed E-state index contributed by atoms with van der Waals surface area (Å²) in [5.41, 5.74) is 1.25. The highest BCUT2D eigenvalue weighted by Gasteiger charge is 2.31. The summed E-state index contributed by atoms with van der Waals surface area (Å²) in [6, 6.07) is 12.7. The summed E-state index contributed by atoms with van der Waals surface area (Å²) in [6.07, 6.45) is -1.18. The fraction of sp³-hybridized carbons (Fsp3) is 0.0476. The number of hydrogen-bond donors (Lipinski definition) is 1. The highest BCUT2D eigenvalue weighted by atomic mass is 35.5. The Morgan fingerprint density at radius 2 is 1.80 bits per heavy atom. The number of alkyl halides is 3. The van der Waals surface area contributed by atoms with E-state index in [1.54, 1.807) is 47.1 Å². The number of anilines is 1. The van der Waals surface area contributed by atoms with E-state index in [0.29, 0.717) is 27.1 Å². The van der Waals surface area contributed by atoms with E-state index in [0.717, 1.165) is 17.7 Å². The van der Waals surface area contributed by atoms with Gasteiger partial charge in [-0.1, -0.05) is 35.3 Å². The Morgan fingerprint density at radius 1 is 1.00 bits per heavy atom. The molecule has 0 atom stereocenters. The summed E-state index contributed by atoms with van der Waals surface area (Å²) < 4.78 is 40.5. The van der Waals surface area contributed by atoms with Gasteiger partial charge < -0.3 is 5.32 Å². The van der Waals surface area contributed by atoms with Gasteiger partial charge in [-0.15, -0.1) is 0 Å². The van der Waals surface area contributed by atoms with Crippen molar-refractivity contribution in [3.63, 3.8) is 0 Å². The van der Waals surface area contributed by atoms with E-state index in [1.165, 1.54) is 12.1 Å². The minimum Gasteiger partial charge on any atom is -0.319 e. The molecule has 1 amide bonds. The lowest BCUT2D eigenvalue weighted by atomic mass is 10.1. The van der Waals surface area contributed by atoms with Crippen molar-refractivity contribution < 1.29 is 18.0 Å². The zero-order valence-corrected chi connectivity index (χ0v) is 16.6. The van der Waals surface area contributed by atoms with Gasteiger partial charge in [0.15, 0.2) is 5.65 Å². The van der Waals surface area contributed by atoms with Crippen LogP contribution in [0.1, 0.15) is 15.9 Å². The molecule has 0 spiro atoms. The van der Waals surface area contributed by atoms with Crippen molar-refractivity contribution >= 4 is 40.4 Å². The number of aromatic nitrogens is 2. The molecule has 0 saturated carbocycles. The van der Waals surface area contributed by atoms with Crippen LogP contribution in [0.5, 0.6) is 0 Å². The van der Waals surface area contributed by atoms with E-state index in [9.17, 15) is 18.0 Å². The van der Waals surface area contributed by atoms with Gasteiger partial charge in [-0.2, -0.15) is 13.2 Å². The molecule has 0 aliphatic rings. The second-order valence-electron chi connectivity index (χ2n) is 6.42. The van der Waals surface area contributed by atoms with Crippen molar-refractivity contribution in [2.45, 2.75) is 6.18 Å². The van der Waals surface area contributed by atoms with E-state index in [4.69, 9.17) is 23.2 Å². The molecule has 0 bridgehead atoms. The number of nitrogens with zero attached hydrogens (tertiary/aromatic N) is 2. The molecule has 0 saturated heterocycles. The molecule has 4 aromatic rings. The highest BCUT2D eigenvalue weighted by molar-refractivity contribution is 6.42. The van der Waals surface area contributed by atoms with E-state index in [2.05, 4.69) is 10.3 Å². The first-order chi connectivity index (χ1) is 14.2. The smallest absolute Gasteiger partial charge is 0.319 e. The maximum Gasteiger partial charge on any atom is 0.416 e. The van der Waals surface area contributed by atoms with Gasteiger partial charge in [-0.25, -0.2) is 4.98 Å². The number of fused-ring (bicyclic) bond motifs is 1. The standard InChI is InChI=1S/C21H12Cl2F3N3O/c22-15-7-6-12(10-16(15)23)18-11-27-19-17(5-2-8-29(18)19)28-20(30)13-3-1-4-14(9-13)21(24,25)26/h1-11H,(H,28,30). The molecule has 0 fully saturated rings. The molecule has 2 heterocycles.